The molecule has 0 saturated heterocycles. The van der Waals surface area contributed by atoms with E-state index in [0.29, 0.717) is 23.0 Å². The van der Waals surface area contributed by atoms with Gasteiger partial charge in [0.1, 0.15) is 5.75 Å². The molecule has 1 aromatic carbocycles. The van der Waals surface area contributed by atoms with Crippen LogP contribution in [0.25, 0.3) is 4.85 Å². The molecule has 6 atom stereocenters. The van der Waals surface area contributed by atoms with Crippen molar-refractivity contribution < 1.29 is 5.11 Å². The van der Waals surface area contributed by atoms with Crippen LogP contribution >= 0.6 is 0 Å². The minimum absolute atomic E-state index is 0.265. The number of benzene rings is 1. The van der Waals surface area contributed by atoms with E-state index < -0.39 is 0 Å². The zero-order valence-corrected chi connectivity index (χ0v) is 15.5. The summed E-state index contributed by atoms with van der Waals surface area (Å²) in [6.07, 6.45) is 5.61. The van der Waals surface area contributed by atoms with E-state index in [1.54, 1.807) is 6.07 Å². The monoisotopic (exact) mass is 334 g/mol. The second-order valence-corrected chi connectivity index (χ2v) is 8.72. The molecule has 130 valence electrons. The van der Waals surface area contributed by atoms with Gasteiger partial charge in [-0.25, -0.2) is 0 Å². The number of hydrogen-bond donors (Lipinski definition) is 1. The normalized spacial score (nSPS) is 41.5. The van der Waals surface area contributed by atoms with E-state index in [0.717, 1.165) is 18.8 Å². The van der Waals surface area contributed by atoms with Crippen LogP contribution in [0.5, 0.6) is 5.75 Å². The van der Waals surface area contributed by atoms with Gasteiger partial charge in [0, 0.05) is 17.9 Å². The number of phenolic OH excluding ortho intramolecular Hbond substituents is 1. The molecule has 1 N–H and O–H groups in total. The summed E-state index contributed by atoms with van der Waals surface area (Å²) < 4.78 is 0. The minimum atomic E-state index is -0.343. The molecule has 0 heterocycles. The van der Waals surface area contributed by atoms with Crippen molar-refractivity contribution in [2.24, 2.45) is 29.1 Å². The summed E-state index contributed by atoms with van der Waals surface area (Å²) in [4.78, 5) is 4.57. The SMILES string of the molecule is C#[N+][C@]12CCC3(C)C(CC[C@@H]3C)[C@@H]1[C@H](C#CC)Cc1cc(O)ccc12. The van der Waals surface area contributed by atoms with Gasteiger partial charge >= 0.3 is 5.54 Å². The van der Waals surface area contributed by atoms with E-state index in [4.69, 9.17) is 6.57 Å². The quantitative estimate of drug-likeness (QED) is 0.647. The Morgan fingerprint density at radius 3 is 2.80 bits per heavy atom. The molecule has 3 aliphatic rings. The maximum Gasteiger partial charge on any atom is 0.310 e. The molecular weight excluding hydrogens is 306 g/mol. The van der Waals surface area contributed by atoms with Crippen molar-refractivity contribution in [1.82, 2.24) is 0 Å². The van der Waals surface area contributed by atoms with E-state index >= 15 is 0 Å². The van der Waals surface area contributed by atoms with Gasteiger partial charge in [0.2, 0.25) is 0 Å². The predicted molar refractivity (Wildman–Crippen MR) is 101 cm³/mol. The Morgan fingerprint density at radius 2 is 2.08 bits per heavy atom. The van der Waals surface area contributed by atoms with E-state index in [2.05, 4.69) is 36.6 Å². The molecule has 4 rings (SSSR count). The molecular formula is C23H28NO+. The van der Waals surface area contributed by atoms with Crippen molar-refractivity contribution in [3.63, 3.8) is 0 Å². The highest BCUT2D eigenvalue weighted by Crippen LogP contribution is 2.66. The van der Waals surface area contributed by atoms with Gasteiger partial charge < -0.3 is 5.11 Å². The summed E-state index contributed by atoms with van der Waals surface area (Å²) in [7, 11) is 0. The molecule has 0 spiro atoms. The third kappa shape index (κ3) is 2.10. The molecule has 2 nitrogen and oxygen atoms in total. The zero-order chi connectivity index (χ0) is 17.8. The van der Waals surface area contributed by atoms with Crippen molar-refractivity contribution in [1.29, 1.82) is 0 Å². The molecule has 0 aromatic heterocycles. The third-order valence-electron chi connectivity index (χ3n) is 7.90. The molecule has 0 bridgehead atoms. The minimum Gasteiger partial charge on any atom is -0.508 e. The lowest BCUT2D eigenvalue weighted by Gasteiger charge is -2.51. The van der Waals surface area contributed by atoms with Crippen molar-refractivity contribution >= 4 is 0 Å². The number of nitrogens with zero attached hydrogens (tertiary/aromatic N) is 1. The van der Waals surface area contributed by atoms with Gasteiger partial charge in [-0.2, -0.15) is 0 Å². The van der Waals surface area contributed by atoms with Gasteiger partial charge in [0.05, 0.1) is 5.92 Å². The largest absolute Gasteiger partial charge is 0.508 e. The third-order valence-corrected chi connectivity index (χ3v) is 7.90. The summed E-state index contributed by atoms with van der Waals surface area (Å²) in [6.45, 7) is 13.0. The predicted octanol–water partition coefficient (Wildman–Crippen LogP) is 5.21. The van der Waals surface area contributed by atoms with Crippen LogP contribution in [0.2, 0.25) is 0 Å². The van der Waals surface area contributed by atoms with Gasteiger partial charge in [0.25, 0.3) is 6.57 Å². The topological polar surface area (TPSA) is 24.6 Å². The molecule has 2 unspecified atom stereocenters. The Bertz CT molecular complexity index is 810. The molecule has 25 heavy (non-hydrogen) atoms. The number of phenols is 1. The Morgan fingerprint density at radius 1 is 1.28 bits per heavy atom. The first-order valence-corrected chi connectivity index (χ1v) is 9.63. The molecule has 0 amide bonds. The average Bonchev–Trinajstić information content (AvgIpc) is 2.89. The van der Waals surface area contributed by atoms with Crippen molar-refractivity contribution in [3.8, 4) is 24.2 Å². The van der Waals surface area contributed by atoms with E-state index in [9.17, 15) is 5.11 Å². The fraction of sp³-hybridized carbons (Fsp3) is 0.609. The highest BCUT2D eigenvalue weighted by atomic mass is 16.3. The lowest BCUT2D eigenvalue weighted by Crippen LogP contribution is -2.53. The maximum atomic E-state index is 9.99. The first-order valence-electron chi connectivity index (χ1n) is 9.63. The van der Waals surface area contributed by atoms with Gasteiger partial charge in [-0.05, 0) is 73.6 Å². The lowest BCUT2D eigenvalue weighted by atomic mass is 9.49. The molecule has 0 radical (unpaired) electrons. The van der Waals surface area contributed by atoms with Crippen LogP contribution in [0.1, 0.15) is 57.6 Å². The van der Waals surface area contributed by atoms with Crippen LogP contribution in [0, 0.1) is 47.5 Å². The van der Waals surface area contributed by atoms with Crippen LogP contribution in [0.3, 0.4) is 0 Å². The fourth-order valence-corrected chi connectivity index (χ4v) is 6.44. The van der Waals surface area contributed by atoms with Crippen LogP contribution < -0.4 is 0 Å². The molecule has 0 aliphatic heterocycles. The Hall–Kier alpha value is -1.93. The van der Waals surface area contributed by atoms with Crippen LogP contribution in [0.15, 0.2) is 18.2 Å². The fourth-order valence-electron chi connectivity index (χ4n) is 6.44. The van der Waals surface area contributed by atoms with Gasteiger partial charge in [-0.1, -0.05) is 24.6 Å². The maximum absolute atomic E-state index is 9.99. The van der Waals surface area contributed by atoms with Gasteiger partial charge in [0.15, 0.2) is 0 Å². The van der Waals surface area contributed by atoms with E-state index in [1.807, 2.05) is 13.0 Å². The number of hydrogen-bond acceptors (Lipinski definition) is 1. The second kappa shape index (κ2) is 5.54. The summed E-state index contributed by atoms with van der Waals surface area (Å²) >= 11 is 0. The lowest BCUT2D eigenvalue weighted by molar-refractivity contribution is -0.0105. The second-order valence-electron chi connectivity index (χ2n) is 8.72. The molecule has 3 aliphatic carbocycles. The van der Waals surface area contributed by atoms with Gasteiger partial charge in [-0.15, -0.1) is 5.92 Å². The van der Waals surface area contributed by atoms with Crippen LogP contribution in [-0.2, 0) is 12.0 Å². The number of fused-ring (bicyclic) bond motifs is 5. The first-order chi connectivity index (χ1) is 12.0. The molecule has 1 aromatic rings. The Labute approximate surface area is 151 Å². The summed E-state index contributed by atoms with van der Waals surface area (Å²) in [6, 6.07) is 5.75. The summed E-state index contributed by atoms with van der Waals surface area (Å²) in [5, 5.41) is 9.99. The summed E-state index contributed by atoms with van der Waals surface area (Å²) in [5.74, 6) is 9.01. The number of aromatic hydroxyl groups is 1. The van der Waals surface area contributed by atoms with Crippen LogP contribution in [-0.4, -0.2) is 5.11 Å². The van der Waals surface area contributed by atoms with Crippen LogP contribution in [0.4, 0.5) is 0 Å². The smallest absolute Gasteiger partial charge is 0.310 e. The highest BCUT2D eigenvalue weighted by Gasteiger charge is 2.67. The van der Waals surface area contributed by atoms with E-state index in [-0.39, 0.29) is 11.5 Å². The molecule has 2 saturated carbocycles. The van der Waals surface area contributed by atoms with Crippen molar-refractivity contribution in [2.75, 3.05) is 0 Å². The van der Waals surface area contributed by atoms with Gasteiger partial charge in [-0.3, -0.25) is 0 Å². The first kappa shape index (κ1) is 16.5. The average molecular weight is 334 g/mol. The standard InChI is InChI=1S/C23H27NO/c1-5-6-16-13-17-14-18(25)8-10-19(17)23(24-4)12-11-22(3)15(2)7-9-20(22)21(16)23/h4,8,10,14-16,20-21H,7,9,11-13H2,1-3H3/p+1/t15-,16+,20?,21-,22?,23-/m0/s1. The Kier molecular flexibility index (Phi) is 3.66. The van der Waals surface area contributed by atoms with Crippen molar-refractivity contribution in [3.05, 3.63) is 34.2 Å². The molecule has 2 heteroatoms. The Balaban J connectivity index is 1.92. The van der Waals surface area contributed by atoms with Crippen molar-refractivity contribution in [2.45, 2.75) is 58.4 Å². The van der Waals surface area contributed by atoms with E-state index in [1.165, 1.54) is 30.4 Å². The number of rotatable bonds is 0. The zero-order valence-electron chi connectivity index (χ0n) is 15.5. The highest BCUT2D eigenvalue weighted by molar-refractivity contribution is 5.47. The summed E-state index contributed by atoms with van der Waals surface area (Å²) in [5.41, 5.74) is 2.44. The molecule has 2 fully saturated rings.